The maximum absolute atomic E-state index is 13.0. The summed E-state index contributed by atoms with van der Waals surface area (Å²) in [6, 6.07) is 9.30. The number of hydrogen-bond acceptors (Lipinski definition) is 4. The van der Waals surface area contributed by atoms with Gasteiger partial charge < -0.3 is 10.1 Å². The van der Waals surface area contributed by atoms with Gasteiger partial charge in [-0.2, -0.15) is 0 Å². The van der Waals surface area contributed by atoms with Crippen molar-refractivity contribution in [3.63, 3.8) is 0 Å². The Morgan fingerprint density at radius 3 is 2.67 bits per heavy atom. The molecule has 5 rings (SSSR count). The van der Waals surface area contributed by atoms with Gasteiger partial charge in [-0.1, -0.05) is 18.2 Å². The van der Waals surface area contributed by atoms with E-state index < -0.39 is 5.92 Å². The number of aromatic nitrogens is 2. The second-order valence-corrected chi connectivity index (χ2v) is 7.85. The summed E-state index contributed by atoms with van der Waals surface area (Å²) in [4.78, 5) is 38.2. The third-order valence-electron chi connectivity index (χ3n) is 6.59. The molecule has 2 heterocycles. The molecule has 1 aromatic carbocycles. The smallest absolute Gasteiger partial charge is 0.310 e. The standard InChI is InChI=1S/C20H21N3O4/c1-10-17(19(25)23(22(10)2)12-6-4-3-5-7-12)21-18(24)15-11-8-13-14(9-11)27-20(26)16(13)15/h3-7,11,13-16H,8-9H2,1-2H3,(H,21,24)/t11-,13-,14-,15-,16+/m1/s1. The second-order valence-electron chi connectivity index (χ2n) is 7.85. The van der Waals surface area contributed by atoms with Crippen molar-refractivity contribution in [1.29, 1.82) is 0 Å². The summed E-state index contributed by atoms with van der Waals surface area (Å²) in [7, 11) is 1.79. The third kappa shape index (κ3) is 2.17. The molecule has 1 amide bonds. The molecule has 27 heavy (non-hydrogen) atoms. The molecule has 2 aliphatic carbocycles. The molecule has 7 heteroatoms. The number of nitrogens with one attached hydrogen (secondary N) is 1. The average Bonchev–Trinajstić information content (AvgIpc) is 3.32. The molecular weight excluding hydrogens is 346 g/mol. The molecular formula is C20H21N3O4. The van der Waals surface area contributed by atoms with Crippen molar-refractivity contribution < 1.29 is 14.3 Å². The highest BCUT2D eigenvalue weighted by Gasteiger charge is 2.64. The maximum atomic E-state index is 13.0. The van der Waals surface area contributed by atoms with Gasteiger partial charge in [-0.05, 0) is 37.8 Å². The van der Waals surface area contributed by atoms with Gasteiger partial charge in [0.2, 0.25) is 5.91 Å². The van der Waals surface area contributed by atoms with Gasteiger partial charge in [-0.25, -0.2) is 4.68 Å². The van der Waals surface area contributed by atoms with E-state index in [0.29, 0.717) is 5.69 Å². The van der Waals surface area contributed by atoms with E-state index in [1.165, 1.54) is 4.68 Å². The first-order chi connectivity index (χ1) is 13.0. The lowest BCUT2D eigenvalue weighted by molar-refractivity contribution is -0.145. The minimum Gasteiger partial charge on any atom is -0.462 e. The molecule has 0 spiro atoms. The van der Waals surface area contributed by atoms with Crippen LogP contribution in [0.1, 0.15) is 18.5 Å². The lowest BCUT2D eigenvalue weighted by atomic mass is 9.79. The Labute approximate surface area is 155 Å². The number of hydrogen-bond donors (Lipinski definition) is 1. The molecule has 140 valence electrons. The first-order valence-corrected chi connectivity index (χ1v) is 9.32. The summed E-state index contributed by atoms with van der Waals surface area (Å²) >= 11 is 0. The van der Waals surface area contributed by atoms with Crippen LogP contribution in [0, 0.1) is 30.6 Å². The Balaban J connectivity index is 1.48. The second kappa shape index (κ2) is 5.58. The molecule has 1 saturated heterocycles. The van der Waals surface area contributed by atoms with Crippen molar-refractivity contribution in [2.45, 2.75) is 25.9 Å². The van der Waals surface area contributed by atoms with Crippen molar-refractivity contribution in [1.82, 2.24) is 9.36 Å². The van der Waals surface area contributed by atoms with E-state index in [4.69, 9.17) is 4.74 Å². The average molecular weight is 367 g/mol. The number of amides is 1. The normalized spacial score (nSPS) is 30.6. The Morgan fingerprint density at radius 1 is 1.19 bits per heavy atom. The van der Waals surface area contributed by atoms with E-state index in [0.717, 1.165) is 18.5 Å². The van der Waals surface area contributed by atoms with Crippen molar-refractivity contribution in [2.24, 2.45) is 30.7 Å². The van der Waals surface area contributed by atoms with Crippen LogP contribution in [-0.4, -0.2) is 27.3 Å². The van der Waals surface area contributed by atoms with Crippen LogP contribution >= 0.6 is 0 Å². The highest BCUT2D eigenvalue weighted by molar-refractivity contribution is 5.97. The van der Waals surface area contributed by atoms with Gasteiger partial charge >= 0.3 is 5.97 Å². The molecule has 1 aromatic heterocycles. The summed E-state index contributed by atoms with van der Waals surface area (Å²) in [5.74, 6) is -0.917. The molecule has 5 atom stereocenters. The van der Waals surface area contributed by atoms with E-state index in [2.05, 4.69) is 5.32 Å². The molecule has 2 bridgehead atoms. The number of benzene rings is 1. The van der Waals surface area contributed by atoms with Crippen LogP contribution in [0.15, 0.2) is 35.1 Å². The van der Waals surface area contributed by atoms with Crippen LogP contribution in [0.2, 0.25) is 0 Å². The van der Waals surface area contributed by atoms with E-state index in [9.17, 15) is 14.4 Å². The van der Waals surface area contributed by atoms with Crippen LogP contribution in [0.4, 0.5) is 5.69 Å². The predicted octanol–water partition coefficient (Wildman–Crippen LogP) is 1.62. The van der Waals surface area contributed by atoms with Gasteiger partial charge in [0.15, 0.2) is 0 Å². The fourth-order valence-corrected chi connectivity index (χ4v) is 5.28. The molecule has 3 aliphatic rings. The molecule has 7 nitrogen and oxygen atoms in total. The van der Waals surface area contributed by atoms with Gasteiger partial charge in [-0.3, -0.25) is 19.1 Å². The number of anilines is 1. The first-order valence-electron chi connectivity index (χ1n) is 9.32. The lowest BCUT2D eigenvalue weighted by Crippen LogP contribution is -2.37. The maximum Gasteiger partial charge on any atom is 0.310 e. The van der Waals surface area contributed by atoms with Crippen molar-refractivity contribution >= 4 is 17.6 Å². The largest absolute Gasteiger partial charge is 0.462 e. The van der Waals surface area contributed by atoms with Crippen LogP contribution < -0.4 is 10.9 Å². The SMILES string of the molecule is Cc1c(NC(=O)[C@@H]2[C@@H]3C[C@H]4[C@@H]2C(=O)O[C@@H]4C3)c(=O)n(-c2ccccc2)n1C. The fraction of sp³-hybridized carbons (Fsp3) is 0.450. The van der Waals surface area contributed by atoms with E-state index in [1.54, 1.807) is 18.7 Å². The number of nitrogens with zero attached hydrogens (tertiary/aromatic N) is 2. The van der Waals surface area contributed by atoms with E-state index in [1.807, 2.05) is 30.3 Å². The van der Waals surface area contributed by atoms with Crippen LogP contribution in [0.5, 0.6) is 0 Å². The Morgan fingerprint density at radius 2 is 1.93 bits per heavy atom. The topological polar surface area (TPSA) is 82.3 Å². The monoisotopic (exact) mass is 367 g/mol. The van der Waals surface area contributed by atoms with Crippen LogP contribution in [0.3, 0.4) is 0 Å². The zero-order valence-corrected chi connectivity index (χ0v) is 15.2. The summed E-state index contributed by atoms with van der Waals surface area (Å²) < 4.78 is 8.67. The minimum absolute atomic E-state index is 0.00896. The summed E-state index contributed by atoms with van der Waals surface area (Å²) in [6.07, 6.45) is 1.61. The zero-order chi connectivity index (χ0) is 18.9. The Hall–Kier alpha value is -2.83. The molecule has 2 aromatic rings. The first kappa shape index (κ1) is 16.4. The minimum atomic E-state index is -0.398. The number of ether oxygens (including phenoxy) is 1. The quantitative estimate of drug-likeness (QED) is 0.836. The van der Waals surface area contributed by atoms with Gasteiger partial charge in [0.25, 0.3) is 5.56 Å². The summed E-state index contributed by atoms with van der Waals surface area (Å²) in [6.45, 7) is 1.80. The number of para-hydroxylation sites is 1. The fourth-order valence-electron chi connectivity index (χ4n) is 5.28. The van der Waals surface area contributed by atoms with E-state index in [-0.39, 0.29) is 47.0 Å². The molecule has 1 N–H and O–H groups in total. The van der Waals surface area contributed by atoms with Gasteiger partial charge in [0.05, 0.1) is 23.2 Å². The molecule has 2 saturated carbocycles. The van der Waals surface area contributed by atoms with Gasteiger partial charge in [-0.15, -0.1) is 0 Å². The van der Waals surface area contributed by atoms with E-state index >= 15 is 0 Å². The zero-order valence-electron chi connectivity index (χ0n) is 15.2. The van der Waals surface area contributed by atoms with Gasteiger partial charge in [0, 0.05) is 13.0 Å². The highest BCUT2D eigenvalue weighted by Crippen LogP contribution is 2.57. The molecule has 0 unspecified atom stereocenters. The van der Waals surface area contributed by atoms with Crippen LogP contribution in [0.25, 0.3) is 5.69 Å². The van der Waals surface area contributed by atoms with Crippen molar-refractivity contribution in [3.05, 3.63) is 46.4 Å². The predicted molar refractivity (Wildman–Crippen MR) is 97.5 cm³/mol. The molecule has 0 radical (unpaired) electrons. The Kier molecular flexibility index (Phi) is 3.38. The number of esters is 1. The van der Waals surface area contributed by atoms with Crippen molar-refractivity contribution in [2.75, 3.05) is 5.32 Å². The number of fused-ring (bicyclic) bond motifs is 1. The molecule has 3 fully saturated rings. The summed E-state index contributed by atoms with van der Waals surface area (Å²) in [5, 5.41) is 2.84. The molecule has 1 aliphatic heterocycles. The number of carbonyl (C=O) groups excluding carboxylic acids is 2. The highest BCUT2D eigenvalue weighted by atomic mass is 16.6. The summed E-state index contributed by atoms with van der Waals surface area (Å²) in [5.41, 5.74) is 1.41. The number of carbonyl (C=O) groups is 2. The van der Waals surface area contributed by atoms with Gasteiger partial charge in [0.1, 0.15) is 11.8 Å². The van der Waals surface area contributed by atoms with Crippen molar-refractivity contribution in [3.8, 4) is 5.69 Å². The Bertz CT molecular complexity index is 1000. The number of rotatable bonds is 3. The van der Waals surface area contributed by atoms with Crippen LogP contribution in [-0.2, 0) is 21.4 Å². The third-order valence-corrected chi connectivity index (χ3v) is 6.59. The lowest BCUT2D eigenvalue weighted by Gasteiger charge is -2.23.